The second kappa shape index (κ2) is 8.95. The van der Waals surface area contributed by atoms with Gasteiger partial charge in [0, 0.05) is 18.1 Å². The molecule has 0 aromatic heterocycles. The normalized spacial score (nSPS) is 22.5. The predicted molar refractivity (Wildman–Crippen MR) is 124 cm³/mol. The number of carbonyl (C=O) groups excluding carboxylic acids is 3. The van der Waals surface area contributed by atoms with Crippen LogP contribution in [0.2, 0.25) is 5.02 Å². The summed E-state index contributed by atoms with van der Waals surface area (Å²) in [6.45, 7) is 0.810. The van der Waals surface area contributed by atoms with Crippen LogP contribution >= 0.6 is 11.6 Å². The van der Waals surface area contributed by atoms with E-state index in [4.69, 9.17) is 21.6 Å². The molecule has 180 valence electrons. The smallest absolute Gasteiger partial charge is 0.255 e. The zero-order valence-corrected chi connectivity index (χ0v) is 19.5. The fourth-order valence-electron chi connectivity index (χ4n) is 4.91. The molecule has 35 heavy (non-hydrogen) atoms. The van der Waals surface area contributed by atoms with Crippen molar-refractivity contribution in [1.82, 2.24) is 9.80 Å². The number of hydrogen-bond acceptors (Lipinski definition) is 5. The first kappa shape index (κ1) is 23.3. The number of carbonyl (C=O) groups is 3. The molecule has 3 aliphatic heterocycles. The average molecular weight is 497 g/mol. The van der Waals surface area contributed by atoms with Gasteiger partial charge in [-0.05, 0) is 42.3 Å². The molecule has 3 aliphatic rings. The zero-order chi connectivity index (χ0) is 24.7. The molecule has 1 spiro atoms. The highest BCUT2D eigenvalue weighted by Gasteiger charge is 2.57. The number of rotatable bonds is 4. The van der Waals surface area contributed by atoms with E-state index in [9.17, 15) is 18.8 Å². The molecule has 0 saturated carbocycles. The van der Waals surface area contributed by atoms with Crippen LogP contribution in [-0.4, -0.2) is 65.9 Å². The van der Waals surface area contributed by atoms with Gasteiger partial charge in [-0.2, -0.15) is 5.26 Å². The fourth-order valence-corrected chi connectivity index (χ4v) is 5.04. The number of benzene rings is 2. The molecule has 8 nitrogen and oxygen atoms in total. The summed E-state index contributed by atoms with van der Waals surface area (Å²) in [6, 6.07) is 12.6. The number of likely N-dealkylation sites (tertiary alicyclic amines) is 1. The maximum Gasteiger partial charge on any atom is 0.255 e. The molecule has 2 aromatic rings. The Balaban J connectivity index is 1.51. The Morgan fingerprint density at radius 2 is 1.94 bits per heavy atom. The molecule has 3 amide bonds. The van der Waals surface area contributed by atoms with Crippen LogP contribution in [0.1, 0.15) is 17.5 Å². The summed E-state index contributed by atoms with van der Waals surface area (Å²) in [5.41, 5.74) is -0.508. The van der Waals surface area contributed by atoms with Crippen LogP contribution in [0.3, 0.4) is 0 Å². The number of halogens is 2. The summed E-state index contributed by atoms with van der Waals surface area (Å²) >= 11 is 6.00. The zero-order valence-electron chi connectivity index (χ0n) is 18.7. The van der Waals surface area contributed by atoms with E-state index in [0.717, 1.165) is 16.5 Å². The monoisotopic (exact) mass is 496 g/mol. The third kappa shape index (κ3) is 4.03. The van der Waals surface area contributed by atoms with Crippen molar-refractivity contribution in [2.75, 3.05) is 37.7 Å². The van der Waals surface area contributed by atoms with Crippen LogP contribution in [0, 0.1) is 23.1 Å². The van der Waals surface area contributed by atoms with E-state index in [1.54, 1.807) is 29.2 Å². The van der Waals surface area contributed by atoms with Crippen molar-refractivity contribution < 1.29 is 23.5 Å². The minimum absolute atomic E-state index is 0.0227. The molecule has 0 aliphatic carbocycles. The Kier molecular flexibility index (Phi) is 5.95. The van der Waals surface area contributed by atoms with E-state index in [0.29, 0.717) is 24.8 Å². The van der Waals surface area contributed by atoms with Crippen LogP contribution in [-0.2, 0) is 25.7 Å². The van der Waals surface area contributed by atoms with Crippen molar-refractivity contribution in [1.29, 1.82) is 5.26 Å². The Labute approximate surface area is 206 Å². The second-order valence-electron chi connectivity index (χ2n) is 9.05. The topological polar surface area (TPSA) is 94.0 Å². The first-order valence-corrected chi connectivity index (χ1v) is 11.6. The van der Waals surface area contributed by atoms with Gasteiger partial charge in [0.2, 0.25) is 11.8 Å². The number of piperazine rings is 1. The molecule has 10 heteroatoms. The van der Waals surface area contributed by atoms with E-state index in [-0.39, 0.29) is 55.0 Å². The highest BCUT2D eigenvalue weighted by Crippen LogP contribution is 2.38. The van der Waals surface area contributed by atoms with Crippen LogP contribution < -0.4 is 4.90 Å². The second-order valence-corrected chi connectivity index (χ2v) is 9.49. The van der Waals surface area contributed by atoms with Gasteiger partial charge < -0.3 is 14.5 Å². The Morgan fingerprint density at radius 1 is 1.20 bits per heavy atom. The summed E-state index contributed by atoms with van der Waals surface area (Å²) in [7, 11) is 0. The van der Waals surface area contributed by atoms with Crippen molar-refractivity contribution >= 4 is 35.0 Å². The molecular formula is C25H22ClFN4O4. The molecule has 0 bridgehead atoms. The third-order valence-electron chi connectivity index (χ3n) is 6.92. The first-order valence-electron chi connectivity index (χ1n) is 11.3. The summed E-state index contributed by atoms with van der Waals surface area (Å²) in [6.07, 6.45) is 0.235. The molecule has 3 saturated heterocycles. The SMILES string of the molecule is N#Cc1ccc(N2CC(=O)N(Cc3ccc(Cl)cc3)[C@]3(CCN(C(=O)C4COC4)C3)C2=O)c(F)c1. The lowest BCUT2D eigenvalue weighted by atomic mass is 9.89. The molecule has 3 heterocycles. The summed E-state index contributed by atoms with van der Waals surface area (Å²) in [5.74, 6) is -1.93. The van der Waals surface area contributed by atoms with Gasteiger partial charge >= 0.3 is 0 Å². The lowest BCUT2D eigenvalue weighted by Crippen LogP contribution is -2.69. The molecule has 0 radical (unpaired) electrons. The van der Waals surface area contributed by atoms with E-state index < -0.39 is 17.3 Å². The van der Waals surface area contributed by atoms with Gasteiger partial charge in [0.05, 0.1) is 43.0 Å². The van der Waals surface area contributed by atoms with Gasteiger partial charge in [-0.25, -0.2) is 4.39 Å². The van der Waals surface area contributed by atoms with E-state index in [2.05, 4.69) is 0 Å². The molecule has 3 fully saturated rings. The Bertz CT molecular complexity index is 1240. The lowest BCUT2D eigenvalue weighted by Gasteiger charge is -2.47. The molecule has 0 N–H and O–H groups in total. The van der Waals surface area contributed by atoms with Gasteiger partial charge in [0.1, 0.15) is 17.9 Å². The number of hydrogen-bond donors (Lipinski definition) is 0. The Hall–Kier alpha value is -3.48. The average Bonchev–Trinajstić information content (AvgIpc) is 3.26. The lowest BCUT2D eigenvalue weighted by molar-refractivity contribution is -0.154. The summed E-state index contributed by atoms with van der Waals surface area (Å²) < 4.78 is 20.0. The van der Waals surface area contributed by atoms with Crippen molar-refractivity contribution in [2.24, 2.45) is 5.92 Å². The van der Waals surface area contributed by atoms with Crippen LogP contribution in [0.15, 0.2) is 42.5 Å². The van der Waals surface area contributed by atoms with Crippen molar-refractivity contribution in [3.63, 3.8) is 0 Å². The van der Waals surface area contributed by atoms with E-state index >= 15 is 0 Å². The quantitative estimate of drug-likeness (QED) is 0.647. The number of nitrogens with zero attached hydrogens (tertiary/aromatic N) is 4. The van der Waals surface area contributed by atoms with Crippen molar-refractivity contribution in [2.45, 2.75) is 18.5 Å². The van der Waals surface area contributed by atoms with Crippen LogP contribution in [0.25, 0.3) is 0 Å². The number of amides is 3. The minimum atomic E-state index is -1.34. The molecular weight excluding hydrogens is 475 g/mol. The third-order valence-corrected chi connectivity index (χ3v) is 7.17. The highest BCUT2D eigenvalue weighted by molar-refractivity contribution is 6.30. The minimum Gasteiger partial charge on any atom is -0.380 e. The number of ether oxygens (including phenoxy) is 1. The van der Waals surface area contributed by atoms with Crippen LogP contribution in [0.5, 0.6) is 0 Å². The van der Waals surface area contributed by atoms with Crippen molar-refractivity contribution in [3.05, 3.63) is 64.4 Å². The predicted octanol–water partition coefficient (Wildman–Crippen LogP) is 2.34. The molecule has 2 aromatic carbocycles. The van der Waals surface area contributed by atoms with Gasteiger partial charge in [0.15, 0.2) is 0 Å². The van der Waals surface area contributed by atoms with Gasteiger partial charge in [-0.1, -0.05) is 23.7 Å². The summed E-state index contributed by atoms with van der Waals surface area (Å²) in [5, 5.41) is 9.60. The van der Waals surface area contributed by atoms with E-state index in [1.807, 2.05) is 6.07 Å². The first-order chi connectivity index (χ1) is 16.8. The van der Waals surface area contributed by atoms with Crippen LogP contribution in [0.4, 0.5) is 10.1 Å². The summed E-state index contributed by atoms with van der Waals surface area (Å²) in [4.78, 5) is 44.7. The van der Waals surface area contributed by atoms with Gasteiger partial charge in [-0.3, -0.25) is 19.3 Å². The molecule has 0 unspecified atom stereocenters. The number of nitriles is 1. The van der Waals surface area contributed by atoms with Gasteiger partial charge in [-0.15, -0.1) is 0 Å². The number of anilines is 1. The highest BCUT2D eigenvalue weighted by atomic mass is 35.5. The van der Waals surface area contributed by atoms with E-state index in [1.165, 1.54) is 17.0 Å². The molecule has 5 rings (SSSR count). The Morgan fingerprint density at radius 3 is 2.57 bits per heavy atom. The van der Waals surface area contributed by atoms with Gasteiger partial charge in [0.25, 0.3) is 5.91 Å². The van der Waals surface area contributed by atoms with Crippen molar-refractivity contribution in [3.8, 4) is 6.07 Å². The maximum absolute atomic E-state index is 14.9. The standard InChI is InChI=1S/C25H22ClFN4O4/c26-19-4-1-16(2-5-19)11-31-22(32)12-30(21-6-3-17(10-28)9-20(21)27)24(34)25(31)7-8-29(15-25)23(33)18-13-35-14-18/h1-6,9,18H,7-8,11-15H2/t25-/m0/s1. The fraction of sp³-hybridized carbons (Fsp3) is 0.360. The molecule has 1 atom stereocenters. The largest absolute Gasteiger partial charge is 0.380 e. The maximum atomic E-state index is 14.9.